The zero-order valence-electron chi connectivity index (χ0n) is 19.8. The van der Waals surface area contributed by atoms with Crippen LogP contribution in [0.25, 0.3) is 0 Å². The Morgan fingerprint density at radius 1 is 1.17 bits per heavy atom. The molecule has 1 unspecified atom stereocenters. The first kappa shape index (κ1) is 24.3. The number of amides is 3. The Morgan fingerprint density at radius 2 is 2.00 bits per heavy atom. The molecule has 0 saturated carbocycles. The summed E-state index contributed by atoms with van der Waals surface area (Å²) in [5.74, 6) is -0.370. The molecule has 2 aromatic carbocycles. The minimum absolute atomic E-state index is 0.0661. The number of carbonyl (C=O) groups excluding carboxylic acids is 3. The van der Waals surface area contributed by atoms with Crippen LogP contribution in [0, 0.1) is 19.8 Å². The van der Waals surface area contributed by atoms with Crippen molar-refractivity contribution in [3.8, 4) is 5.75 Å². The summed E-state index contributed by atoms with van der Waals surface area (Å²) in [7, 11) is 1.55. The lowest BCUT2D eigenvalue weighted by molar-refractivity contribution is -0.122. The van der Waals surface area contributed by atoms with E-state index in [-0.39, 0.29) is 24.1 Å². The summed E-state index contributed by atoms with van der Waals surface area (Å²) in [4.78, 5) is 39.4. The molecule has 0 spiro atoms. The Kier molecular flexibility index (Phi) is 7.40. The molecule has 10 heteroatoms. The van der Waals surface area contributed by atoms with Gasteiger partial charge in [-0.3, -0.25) is 14.4 Å². The van der Waals surface area contributed by atoms with Crippen molar-refractivity contribution in [3.63, 3.8) is 0 Å². The topological polar surface area (TPSA) is 114 Å². The second-order valence-corrected chi connectivity index (χ2v) is 9.49. The van der Waals surface area contributed by atoms with Crippen LogP contribution in [0.2, 0.25) is 0 Å². The molecule has 182 valence electrons. The van der Waals surface area contributed by atoms with Crippen molar-refractivity contribution in [3.05, 3.63) is 64.2 Å². The summed E-state index contributed by atoms with van der Waals surface area (Å²) in [6.07, 6.45) is 0.632. The van der Waals surface area contributed by atoms with Crippen LogP contribution in [0.15, 0.2) is 42.5 Å². The van der Waals surface area contributed by atoms with Gasteiger partial charge in [0.2, 0.25) is 16.9 Å². The number of carbonyl (C=O) groups is 3. The normalized spacial score (nSPS) is 15.2. The zero-order valence-corrected chi connectivity index (χ0v) is 20.6. The fourth-order valence-electron chi connectivity index (χ4n) is 3.89. The standard InChI is InChI=1S/C25H27N5O4S/c1-15-7-8-16(2)20(11-15)30-14-18(13-22(30)31)24(33)27-25-29-28-21(35-25)9-10-26-23(32)17-5-4-6-19(12-17)34-3/h4-8,11-12,18H,9-10,13-14H2,1-3H3,(H,26,32)(H,27,29,33). The van der Waals surface area contributed by atoms with E-state index in [9.17, 15) is 14.4 Å². The minimum Gasteiger partial charge on any atom is -0.497 e. The van der Waals surface area contributed by atoms with Crippen molar-refractivity contribution in [2.45, 2.75) is 26.7 Å². The highest BCUT2D eigenvalue weighted by molar-refractivity contribution is 7.15. The highest BCUT2D eigenvalue weighted by Crippen LogP contribution is 2.29. The average Bonchev–Trinajstić information content (AvgIpc) is 3.46. The number of hydrogen-bond acceptors (Lipinski definition) is 7. The maximum absolute atomic E-state index is 12.8. The summed E-state index contributed by atoms with van der Waals surface area (Å²) in [6.45, 7) is 4.64. The maximum Gasteiger partial charge on any atom is 0.251 e. The third-order valence-corrected chi connectivity index (χ3v) is 6.70. The van der Waals surface area contributed by atoms with Crippen molar-refractivity contribution in [1.82, 2.24) is 15.5 Å². The molecule has 1 aliphatic heterocycles. The number of ether oxygens (including phenoxy) is 1. The molecule has 0 radical (unpaired) electrons. The van der Waals surface area contributed by atoms with Gasteiger partial charge in [0.1, 0.15) is 10.8 Å². The lowest BCUT2D eigenvalue weighted by Crippen LogP contribution is -2.28. The Balaban J connectivity index is 1.28. The zero-order chi connectivity index (χ0) is 24.9. The highest BCUT2D eigenvalue weighted by atomic mass is 32.1. The molecule has 2 heterocycles. The van der Waals surface area contributed by atoms with Gasteiger partial charge in [-0.25, -0.2) is 0 Å². The number of aromatic nitrogens is 2. The van der Waals surface area contributed by atoms with Gasteiger partial charge in [-0.1, -0.05) is 29.5 Å². The first-order valence-corrected chi connectivity index (χ1v) is 12.1. The van der Waals surface area contributed by atoms with Crippen LogP contribution in [0.5, 0.6) is 5.75 Å². The molecule has 3 aromatic rings. The largest absolute Gasteiger partial charge is 0.497 e. The molecule has 0 aliphatic carbocycles. The second-order valence-electron chi connectivity index (χ2n) is 8.42. The number of anilines is 2. The van der Waals surface area contributed by atoms with E-state index in [1.807, 2.05) is 32.0 Å². The number of aryl methyl sites for hydroxylation is 2. The number of methoxy groups -OCH3 is 1. The Hall–Kier alpha value is -3.79. The molecule has 1 aromatic heterocycles. The quantitative estimate of drug-likeness (QED) is 0.499. The lowest BCUT2D eigenvalue weighted by atomic mass is 10.1. The van der Waals surface area contributed by atoms with Gasteiger partial charge in [-0.2, -0.15) is 0 Å². The van der Waals surface area contributed by atoms with E-state index in [0.717, 1.165) is 16.8 Å². The third kappa shape index (κ3) is 5.83. The van der Waals surface area contributed by atoms with Crippen LogP contribution in [0.1, 0.15) is 32.9 Å². The van der Waals surface area contributed by atoms with E-state index >= 15 is 0 Å². The second kappa shape index (κ2) is 10.6. The first-order valence-electron chi connectivity index (χ1n) is 11.3. The number of rotatable bonds is 8. The summed E-state index contributed by atoms with van der Waals surface area (Å²) in [6, 6.07) is 12.9. The van der Waals surface area contributed by atoms with Crippen molar-refractivity contribution in [2.75, 3.05) is 30.4 Å². The van der Waals surface area contributed by atoms with Crippen LogP contribution < -0.4 is 20.3 Å². The van der Waals surface area contributed by atoms with E-state index in [4.69, 9.17) is 4.74 Å². The first-order chi connectivity index (χ1) is 16.8. The summed E-state index contributed by atoms with van der Waals surface area (Å²) >= 11 is 1.25. The van der Waals surface area contributed by atoms with Crippen LogP contribution in [0.4, 0.5) is 10.8 Å². The SMILES string of the molecule is COc1cccc(C(=O)NCCc2nnc(NC(=O)C3CC(=O)N(c4cc(C)ccc4C)C3)s2)c1. The molecule has 1 atom stereocenters. The number of hydrogen-bond donors (Lipinski definition) is 2. The minimum atomic E-state index is -0.461. The van der Waals surface area contributed by atoms with Crippen molar-refractivity contribution < 1.29 is 19.1 Å². The van der Waals surface area contributed by atoms with Gasteiger partial charge in [0.15, 0.2) is 0 Å². The van der Waals surface area contributed by atoms with Gasteiger partial charge in [-0.05, 0) is 49.2 Å². The van der Waals surface area contributed by atoms with Crippen molar-refractivity contribution in [2.24, 2.45) is 5.92 Å². The monoisotopic (exact) mass is 493 g/mol. The van der Waals surface area contributed by atoms with Crippen molar-refractivity contribution >= 4 is 39.9 Å². The van der Waals surface area contributed by atoms with Gasteiger partial charge < -0.3 is 20.3 Å². The van der Waals surface area contributed by atoms with Gasteiger partial charge in [0.25, 0.3) is 5.91 Å². The molecular weight excluding hydrogens is 466 g/mol. The fraction of sp³-hybridized carbons (Fsp3) is 0.320. The molecule has 2 N–H and O–H groups in total. The molecule has 1 fully saturated rings. The number of nitrogens with one attached hydrogen (secondary N) is 2. The maximum atomic E-state index is 12.8. The Labute approximate surface area is 207 Å². The Bertz CT molecular complexity index is 1260. The van der Waals surface area contributed by atoms with E-state index < -0.39 is 5.92 Å². The molecule has 1 saturated heterocycles. The highest BCUT2D eigenvalue weighted by Gasteiger charge is 2.36. The van der Waals surface area contributed by atoms with E-state index in [1.54, 1.807) is 36.3 Å². The fourth-order valence-corrected chi connectivity index (χ4v) is 4.63. The Morgan fingerprint density at radius 3 is 2.80 bits per heavy atom. The summed E-state index contributed by atoms with van der Waals surface area (Å²) in [5, 5.41) is 14.8. The van der Waals surface area contributed by atoms with Gasteiger partial charge in [0.05, 0.1) is 13.0 Å². The average molecular weight is 494 g/mol. The van der Waals surface area contributed by atoms with Crippen molar-refractivity contribution in [1.29, 1.82) is 0 Å². The molecule has 0 bridgehead atoms. The van der Waals surface area contributed by atoms with Crippen LogP contribution in [0.3, 0.4) is 0 Å². The van der Waals surface area contributed by atoms with E-state index in [0.29, 0.717) is 41.0 Å². The van der Waals surface area contributed by atoms with E-state index in [1.165, 1.54) is 11.3 Å². The summed E-state index contributed by atoms with van der Waals surface area (Å²) < 4.78 is 5.14. The number of benzene rings is 2. The van der Waals surface area contributed by atoms with Crippen LogP contribution in [-0.2, 0) is 16.0 Å². The predicted molar refractivity (Wildman–Crippen MR) is 134 cm³/mol. The lowest BCUT2D eigenvalue weighted by Gasteiger charge is -2.19. The summed E-state index contributed by atoms with van der Waals surface area (Å²) in [5.41, 5.74) is 3.42. The van der Waals surface area contributed by atoms with Crippen LogP contribution in [-0.4, -0.2) is 48.1 Å². The van der Waals surface area contributed by atoms with Gasteiger partial charge in [-0.15, -0.1) is 10.2 Å². The molecule has 9 nitrogen and oxygen atoms in total. The molecule has 35 heavy (non-hydrogen) atoms. The van der Waals surface area contributed by atoms with E-state index in [2.05, 4.69) is 20.8 Å². The third-order valence-electron chi connectivity index (χ3n) is 5.80. The van der Waals surface area contributed by atoms with Gasteiger partial charge >= 0.3 is 0 Å². The molecule has 4 rings (SSSR count). The molecule has 3 amide bonds. The van der Waals surface area contributed by atoms with Crippen LogP contribution >= 0.6 is 11.3 Å². The molecule has 1 aliphatic rings. The smallest absolute Gasteiger partial charge is 0.251 e. The number of nitrogens with zero attached hydrogens (tertiary/aromatic N) is 3. The predicted octanol–water partition coefficient (Wildman–Crippen LogP) is 3.13. The van der Waals surface area contributed by atoms with Gasteiger partial charge in [0, 0.05) is 37.2 Å². The molecular formula is C25H27N5O4S.